The first-order chi connectivity index (χ1) is 16.1. The predicted molar refractivity (Wildman–Crippen MR) is 133 cm³/mol. The number of aliphatic hydroxyl groups is 1. The van der Waals surface area contributed by atoms with E-state index in [0.29, 0.717) is 12.6 Å². The van der Waals surface area contributed by atoms with Crippen LogP contribution in [0, 0.1) is 5.92 Å². The lowest BCUT2D eigenvalue weighted by molar-refractivity contribution is -0.117. The maximum absolute atomic E-state index is 12.0. The van der Waals surface area contributed by atoms with Gasteiger partial charge in [-0.05, 0) is 61.7 Å². The molecule has 1 aliphatic heterocycles. The number of carbonyl (C=O) groups is 1. The molecule has 8 nitrogen and oxygen atoms in total. The second kappa shape index (κ2) is 9.43. The van der Waals surface area contributed by atoms with Gasteiger partial charge >= 0.3 is 0 Å². The Kier molecular flexibility index (Phi) is 6.22. The van der Waals surface area contributed by atoms with Crippen LogP contribution < -0.4 is 21.0 Å². The molecule has 0 spiro atoms. The fraction of sp³-hybridized carbons (Fsp3) is 0.458. The highest BCUT2D eigenvalue weighted by Gasteiger charge is 2.29. The molecule has 1 atom stereocenters. The zero-order chi connectivity index (χ0) is 22.8. The zero-order valence-electron chi connectivity index (χ0n) is 19.1. The molecule has 2 fully saturated rings. The van der Waals surface area contributed by atoms with Crippen molar-refractivity contribution in [1.82, 2.24) is 14.6 Å². The minimum atomic E-state index is 0.124. The minimum Gasteiger partial charge on any atom is -0.396 e. The summed E-state index contributed by atoms with van der Waals surface area (Å²) in [6, 6.07) is 10.4. The van der Waals surface area contributed by atoms with E-state index in [1.54, 1.807) is 0 Å². The minimum absolute atomic E-state index is 0.124. The van der Waals surface area contributed by atoms with Gasteiger partial charge in [-0.2, -0.15) is 9.61 Å². The summed E-state index contributed by atoms with van der Waals surface area (Å²) in [6.45, 7) is 1.78. The molecule has 1 amide bonds. The number of hydrogen-bond donors (Lipinski definition) is 3. The van der Waals surface area contributed by atoms with E-state index in [9.17, 15) is 9.90 Å². The fourth-order valence-corrected chi connectivity index (χ4v) is 4.57. The van der Waals surface area contributed by atoms with Gasteiger partial charge in [-0.25, -0.2) is 4.98 Å². The molecule has 9 heteroatoms. The molecule has 1 saturated heterocycles. The highest BCUT2D eigenvalue weighted by molar-refractivity contribution is 6.36. The van der Waals surface area contributed by atoms with Crippen molar-refractivity contribution in [2.24, 2.45) is 5.92 Å². The third-order valence-corrected chi connectivity index (χ3v) is 6.66. The molecule has 33 heavy (non-hydrogen) atoms. The summed E-state index contributed by atoms with van der Waals surface area (Å²) in [4.78, 5) is 19.2. The van der Waals surface area contributed by atoms with Gasteiger partial charge in [0, 0.05) is 49.6 Å². The molecule has 172 valence electrons. The van der Waals surface area contributed by atoms with E-state index in [-0.39, 0.29) is 18.4 Å². The molecule has 1 saturated carbocycles. The summed E-state index contributed by atoms with van der Waals surface area (Å²) in [5.74, 6) is 2.15. The summed E-state index contributed by atoms with van der Waals surface area (Å²) >= 11 is 0. The van der Waals surface area contributed by atoms with Crippen molar-refractivity contribution in [3.8, 4) is 0 Å². The normalized spacial score (nSPS) is 18.5. The molecule has 2 aliphatic rings. The number of carbonyl (C=O) groups excluding carboxylic acids is 1. The second-order valence-corrected chi connectivity index (χ2v) is 9.23. The summed E-state index contributed by atoms with van der Waals surface area (Å²) in [5.41, 5.74) is 3.84. The van der Waals surface area contributed by atoms with Gasteiger partial charge in [0.05, 0.1) is 0 Å². The number of piperidine rings is 1. The molecule has 3 aromatic rings. The topological polar surface area (TPSA) is 94.8 Å². The molecule has 1 aliphatic carbocycles. The SMILES string of the molecule is Bc1cnn2c(NCc3ccc(NC(=O)C4CC4)cc3)cc(N3CCCCC3CCO)nc12. The van der Waals surface area contributed by atoms with E-state index in [1.165, 1.54) is 6.42 Å². The van der Waals surface area contributed by atoms with E-state index in [1.807, 2.05) is 42.8 Å². The molecular formula is C24H31BN6O2. The molecule has 0 radical (unpaired) electrons. The third-order valence-electron chi connectivity index (χ3n) is 6.66. The molecule has 0 bridgehead atoms. The van der Waals surface area contributed by atoms with Gasteiger partial charge in [-0.15, -0.1) is 0 Å². The number of hydrogen-bond acceptors (Lipinski definition) is 6. The van der Waals surface area contributed by atoms with Crippen molar-refractivity contribution >= 4 is 42.2 Å². The van der Waals surface area contributed by atoms with Gasteiger partial charge in [0.25, 0.3) is 0 Å². The maximum Gasteiger partial charge on any atom is 0.227 e. The Hall–Kier alpha value is -3.07. The van der Waals surface area contributed by atoms with Crippen molar-refractivity contribution in [1.29, 1.82) is 0 Å². The highest BCUT2D eigenvalue weighted by Crippen LogP contribution is 2.30. The van der Waals surface area contributed by atoms with Gasteiger partial charge in [-0.3, -0.25) is 4.79 Å². The molecule has 1 unspecified atom stereocenters. The Morgan fingerprint density at radius 3 is 2.76 bits per heavy atom. The Morgan fingerprint density at radius 1 is 1.18 bits per heavy atom. The number of nitrogens with one attached hydrogen (secondary N) is 2. The standard InChI is InChI=1S/C24H31BN6O2/c25-20-15-27-31-21(13-22(29-23(20)31)30-11-2-1-3-19(30)10-12-32)26-14-16-4-8-18(9-5-16)28-24(33)17-6-7-17/h4-5,8-9,13,15,17,19,26,32H,1-3,6-7,10-12,14,25H2,(H,28,33). The van der Waals surface area contributed by atoms with E-state index in [4.69, 9.17) is 4.98 Å². The molecule has 5 rings (SSSR count). The molecule has 3 heterocycles. The van der Waals surface area contributed by atoms with Crippen LogP contribution in [0.1, 0.15) is 44.1 Å². The van der Waals surface area contributed by atoms with Crippen LogP contribution in [-0.2, 0) is 11.3 Å². The number of amides is 1. The molecule has 2 aromatic heterocycles. The number of rotatable bonds is 8. The van der Waals surface area contributed by atoms with Crippen LogP contribution >= 0.6 is 0 Å². The quantitative estimate of drug-likeness (QED) is 0.456. The number of benzene rings is 1. The van der Waals surface area contributed by atoms with Crippen molar-refractivity contribution in [2.45, 2.75) is 51.1 Å². The Morgan fingerprint density at radius 2 is 2.00 bits per heavy atom. The van der Waals surface area contributed by atoms with Gasteiger partial charge in [-0.1, -0.05) is 12.1 Å². The lowest BCUT2D eigenvalue weighted by atomic mass is 9.99. The van der Waals surface area contributed by atoms with Crippen molar-refractivity contribution in [2.75, 3.05) is 28.7 Å². The zero-order valence-corrected chi connectivity index (χ0v) is 19.1. The Balaban J connectivity index is 1.34. The Labute approximate surface area is 194 Å². The Bertz CT molecular complexity index is 1130. The fourth-order valence-electron chi connectivity index (χ4n) is 4.57. The van der Waals surface area contributed by atoms with Crippen LogP contribution in [0.25, 0.3) is 5.65 Å². The smallest absolute Gasteiger partial charge is 0.227 e. The number of anilines is 3. The third kappa shape index (κ3) is 4.83. The lowest BCUT2D eigenvalue weighted by Crippen LogP contribution is -2.40. The van der Waals surface area contributed by atoms with Gasteiger partial charge in [0.2, 0.25) is 5.91 Å². The molecule has 3 N–H and O–H groups in total. The molecular weight excluding hydrogens is 415 g/mol. The van der Waals surface area contributed by atoms with Gasteiger partial charge in [0.1, 0.15) is 19.5 Å². The van der Waals surface area contributed by atoms with Crippen LogP contribution in [0.4, 0.5) is 17.3 Å². The number of aromatic nitrogens is 3. The summed E-state index contributed by atoms with van der Waals surface area (Å²) in [5, 5.41) is 20.6. The summed E-state index contributed by atoms with van der Waals surface area (Å²) in [7, 11) is 2.03. The largest absolute Gasteiger partial charge is 0.396 e. The van der Waals surface area contributed by atoms with Gasteiger partial charge < -0.3 is 20.6 Å². The van der Waals surface area contributed by atoms with Crippen LogP contribution in [0.2, 0.25) is 0 Å². The predicted octanol–water partition coefficient (Wildman–Crippen LogP) is 1.69. The van der Waals surface area contributed by atoms with Gasteiger partial charge in [0.15, 0.2) is 5.65 Å². The number of nitrogens with zero attached hydrogens (tertiary/aromatic N) is 4. The van der Waals surface area contributed by atoms with Crippen molar-refractivity contribution in [3.05, 3.63) is 42.1 Å². The average Bonchev–Trinajstić information content (AvgIpc) is 3.62. The first kappa shape index (κ1) is 21.8. The number of aliphatic hydroxyl groups excluding tert-OH is 1. The lowest BCUT2D eigenvalue weighted by Gasteiger charge is -2.36. The average molecular weight is 446 g/mol. The van der Waals surface area contributed by atoms with E-state index in [0.717, 1.165) is 72.6 Å². The summed E-state index contributed by atoms with van der Waals surface area (Å²) in [6.07, 6.45) is 8.02. The highest BCUT2D eigenvalue weighted by atomic mass is 16.3. The van der Waals surface area contributed by atoms with Crippen LogP contribution in [-0.4, -0.2) is 52.7 Å². The summed E-state index contributed by atoms with van der Waals surface area (Å²) < 4.78 is 1.86. The first-order valence-electron chi connectivity index (χ1n) is 12.0. The van der Waals surface area contributed by atoms with Crippen molar-refractivity contribution < 1.29 is 9.90 Å². The first-order valence-corrected chi connectivity index (χ1v) is 12.0. The van der Waals surface area contributed by atoms with Crippen LogP contribution in [0.3, 0.4) is 0 Å². The van der Waals surface area contributed by atoms with Crippen molar-refractivity contribution in [3.63, 3.8) is 0 Å². The van der Waals surface area contributed by atoms with E-state index >= 15 is 0 Å². The second-order valence-electron chi connectivity index (χ2n) is 9.23. The van der Waals surface area contributed by atoms with E-state index in [2.05, 4.69) is 26.7 Å². The van der Waals surface area contributed by atoms with Crippen LogP contribution in [0.15, 0.2) is 36.5 Å². The molecule has 1 aromatic carbocycles. The number of fused-ring (bicyclic) bond motifs is 1. The van der Waals surface area contributed by atoms with Crippen LogP contribution in [0.5, 0.6) is 0 Å². The van der Waals surface area contributed by atoms with E-state index < -0.39 is 0 Å². The maximum atomic E-state index is 12.0. The monoisotopic (exact) mass is 446 g/mol.